The summed E-state index contributed by atoms with van der Waals surface area (Å²) in [6.45, 7) is -1.34. The molecule has 0 radical (unpaired) electrons. The zero-order chi connectivity index (χ0) is 17.3. The van der Waals surface area contributed by atoms with Gasteiger partial charge in [0.1, 0.15) is 48.8 Å². The SMILES string of the molecule is OC[C@@H]1O[C@H](O)[C@@H](O)[C@H](O[C@@H]2O[C@H](CO)[C@H](O)[C@H](O)[C@H]2O)[C@H]1O. The van der Waals surface area contributed by atoms with E-state index in [0.29, 0.717) is 0 Å². The molecule has 2 rings (SSSR count). The summed E-state index contributed by atoms with van der Waals surface area (Å²) in [5, 5.41) is 76.8. The van der Waals surface area contributed by atoms with Gasteiger partial charge in [0.15, 0.2) is 12.6 Å². The molecule has 0 spiro atoms. The van der Waals surface area contributed by atoms with Crippen LogP contribution in [0.3, 0.4) is 0 Å². The van der Waals surface area contributed by atoms with Crippen LogP contribution in [0.15, 0.2) is 0 Å². The maximum absolute atomic E-state index is 10.00. The standard InChI is InChI=1S/C12H22O11/c13-1-3-5(15)7(17)8(18)12(22-3)23-10-6(16)4(2-14)21-11(20)9(10)19/h3-20H,1-2H2/t3-,4+,5+,6+,7+,8-,9+,10-,11+,12+/m1/s1. The molecule has 0 aromatic heterocycles. The summed E-state index contributed by atoms with van der Waals surface area (Å²) in [5.74, 6) is 0. The van der Waals surface area contributed by atoms with E-state index in [1.54, 1.807) is 0 Å². The van der Waals surface area contributed by atoms with Crippen molar-refractivity contribution in [1.82, 2.24) is 0 Å². The molecule has 0 aliphatic carbocycles. The summed E-state index contributed by atoms with van der Waals surface area (Å²) in [5.41, 5.74) is 0. The Bertz CT molecular complexity index is 380. The topological polar surface area (TPSA) is 190 Å². The van der Waals surface area contributed by atoms with Gasteiger partial charge in [-0.1, -0.05) is 0 Å². The van der Waals surface area contributed by atoms with Crippen LogP contribution < -0.4 is 0 Å². The minimum absolute atomic E-state index is 0.667. The number of hydrogen-bond acceptors (Lipinski definition) is 11. The molecular weight excluding hydrogens is 320 g/mol. The van der Waals surface area contributed by atoms with E-state index in [2.05, 4.69) is 0 Å². The highest BCUT2D eigenvalue weighted by molar-refractivity contribution is 4.93. The van der Waals surface area contributed by atoms with Gasteiger partial charge in [0, 0.05) is 0 Å². The zero-order valence-electron chi connectivity index (χ0n) is 12.0. The van der Waals surface area contributed by atoms with Crippen molar-refractivity contribution in [3.05, 3.63) is 0 Å². The summed E-state index contributed by atoms with van der Waals surface area (Å²) in [7, 11) is 0. The van der Waals surface area contributed by atoms with Gasteiger partial charge in [-0.25, -0.2) is 0 Å². The number of hydrogen-bond donors (Lipinski definition) is 8. The monoisotopic (exact) mass is 342 g/mol. The molecule has 2 aliphatic heterocycles. The Morgan fingerprint density at radius 3 is 1.78 bits per heavy atom. The Morgan fingerprint density at radius 2 is 1.22 bits per heavy atom. The first-order valence-electron chi connectivity index (χ1n) is 7.08. The molecule has 0 bridgehead atoms. The quantitative estimate of drug-likeness (QED) is 0.243. The smallest absolute Gasteiger partial charge is 0.187 e. The van der Waals surface area contributed by atoms with Crippen molar-refractivity contribution in [1.29, 1.82) is 0 Å². The summed E-state index contributed by atoms with van der Waals surface area (Å²) in [6, 6.07) is 0. The van der Waals surface area contributed by atoms with Crippen LogP contribution in [0, 0.1) is 0 Å². The van der Waals surface area contributed by atoms with Crippen molar-refractivity contribution in [3.63, 3.8) is 0 Å². The van der Waals surface area contributed by atoms with Crippen molar-refractivity contribution in [2.75, 3.05) is 13.2 Å². The van der Waals surface area contributed by atoms with Crippen LogP contribution in [-0.4, -0.2) is 115 Å². The Morgan fingerprint density at radius 1 is 0.652 bits per heavy atom. The van der Waals surface area contributed by atoms with Crippen molar-refractivity contribution in [2.45, 2.75) is 61.4 Å². The van der Waals surface area contributed by atoms with Crippen LogP contribution in [-0.2, 0) is 14.2 Å². The average molecular weight is 342 g/mol. The molecule has 0 aromatic rings. The van der Waals surface area contributed by atoms with Crippen LogP contribution in [0.1, 0.15) is 0 Å². The minimum Gasteiger partial charge on any atom is -0.394 e. The van der Waals surface area contributed by atoms with Gasteiger partial charge in [0.05, 0.1) is 13.2 Å². The summed E-state index contributed by atoms with van der Waals surface area (Å²) >= 11 is 0. The molecule has 8 N–H and O–H groups in total. The van der Waals surface area contributed by atoms with Crippen LogP contribution >= 0.6 is 0 Å². The molecule has 0 unspecified atom stereocenters. The van der Waals surface area contributed by atoms with Gasteiger partial charge >= 0.3 is 0 Å². The Balaban J connectivity index is 2.11. The molecule has 0 saturated carbocycles. The van der Waals surface area contributed by atoms with Crippen LogP contribution in [0.2, 0.25) is 0 Å². The summed E-state index contributed by atoms with van der Waals surface area (Å²) in [4.78, 5) is 0. The molecule has 0 amide bonds. The van der Waals surface area contributed by atoms with Crippen molar-refractivity contribution in [2.24, 2.45) is 0 Å². The Labute approximate surface area is 130 Å². The molecule has 2 aliphatic rings. The predicted molar refractivity (Wildman–Crippen MR) is 68.6 cm³/mol. The maximum Gasteiger partial charge on any atom is 0.187 e. The highest BCUT2D eigenvalue weighted by Gasteiger charge is 2.50. The molecule has 0 aromatic carbocycles. The predicted octanol–water partition coefficient (Wildman–Crippen LogP) is -5.40. The molecule has 2 saturated heterocycles. The van der Waals surface area contributed by atoms with E-state index < -0.39 is 74.6 Å². The lowest BCUT2D eigenvalue weighted by Gasteiger charge is -2.45. The lowest BCUT2D eigenvalue weighted by atomic mass is 9.97. The van der Waals surface area contributed by atoms with E-state index in [-0.39, 0.29) is 0 Å². The lowest BCUT2D eigenvalue weighted by molar-refractivity contribution is -0.355. The van der Waals surface area contributed by atoms with Gasteiger partial charge < -0.3 is 55.1 Å². The summed E-state index contributed by atoms with van der Waals surface area (Å²) in [6.07, 6.45) is -15.7. The second-order valence-electron chi connectivity index (χ2n) is 5.53. The van der Waals surface area contributed by atoms with Crippen LogP contribution in [0.5, 0.6) is 0 Å². The van der Waals surface area contributed by atoms with E-state index in [1.807, 2.05) is 0 Å². The maximum atomic E-state index is 10.00. The fourth-order valence-corrected chi connectivity index (χ4v) is 2.56. The largest absolute Gasteiger partial charge is 0.394 e. The van der Waals surface area contributed by atoms with Gasteiger partial charge in [0.25, 0.3) is 0 Å². The molecule has 2 fully saturated rings. The lowest BCUT2D eigenvalue weighted by Crippen LogP contribution is -2.64. The first-order chi connectivity index (χ1) is 10.8. The van der Waals surface area contributed by atoms with E-state index in [4.69, 9.17) is 24.4 Å². The second-order valence-corrected chi connectivity index (χ2v) is 5.53. The highest BCUT2D eigenvalue weighted by atomic mass is 16.7. The third kappa shape index (κ3) is 3.65. The average Bonchev–Trinajstić information content (AvgIpc) is 2.54. The number of aliphatic hydroxyl groups excluding tert-OH is 8. The van der Waals surface area contributed by atoms with E-state index >= 15 is 0 Å². The van der Waals surface area contributed by atoms with Gasteiger partial charge in [-0.3, -0.25) is 0 Å². The Hall–Kier alpha value is -0.440. The highest BCUT2D eigenvalue weighted by Crippen LogP contribution is 2.28. The zero-order valence-corrected chi connectivity index (χ0v) is 12.0. The minimum atomic E-state index is -1.76. The molecule has 23 heavy (non-hydrogen) atoms. The Kier molecular flexibility index (Phi) is 6.27. The van der Waals surface area contributed by atoms with Crippen LogP contribution in [0.25, 0.3) is 0 Å². The number of rotatable bonds is 4. The molecular formula is C12H22O11. The van der Waals surface area contributed by atoms with Gasteiger partial charge in [0.2, 0.25) is 0 Å². The molecule has 11 nitrogen and oxygen atoms in total. The molecule has 136 valence electrons. The van der Waals surface area contributed by atoms with Gasteiger partial charge in [-0.05, 0) is 0 Å². The number of ether oxygens (including phenoxy) is 3. The van der Waals surface area contributed by atoms with Crippen molar-refractivity contribution >= 4 is 0 Å². The molecule has 10 atom stereocenters. The van der Waals surface area contributed by atoms with Gasteiger partial charge in [-0.2, -0.15) is 0 Å². The van der Waals surface area contributed by atoms with Crippen LogP contribution in [0.4, 0.5) is 0 Å². The second kappa shape index (κ2) is 7.63. The van der Waals surface area contributed by atoms with Crippen molar-refractivity contribution < 1.29 is 55.1 Å². The first-order valence-corrected chi connectivity index (χ1v) is 7.08. The fraction of sp³-hybridized carbons (Fsp3) is 1.00. The third-order valence-corrected chi connectivity index (χ3v) is 3.98. The third-order valence-electron chi connectivity index (χ3n) is 3.98. The fourth-order valence-electron chi connectivity index (χ4n) is 2.56. The molecule has 2 heterocycles. The number of aliphatic hydroxyl groups is 8. The first kappa shape index (κ1) is 18.9. The molecule has 11 heteroatoms. The van der Waals surface area contributed by atoms with Gasteiger partial charge in [-0.15, -0.1) is 0 Å². The van der Waals surface area contributed by atoms with E-state index in [0.717, 1.165) is 0 Å². The van der Waals surface area contributed by atoms with E-state index in [1.165, 1.54) is 0 Å². The normalized spacial score (nSPS) is 51.7. The summed E-state index contributed by atoms with van der Waals surface area (Å²) < 4.78 is 15.1. The van der Waals surface area contributed by atoms with Crippen molar-refractivity contribution in [3.8, 4) is 0 Å². The van der Waals surface area contributed by atoms with E-state index in [9.17, 15) is 30.6 Å².